The minimum Gasteiger partial charge on any atom is -0.212 e. The van der Waals surface area contributed by atoms with Crippen LogP contribution in [0.2, 0.25) is 0 Å². The third kappa shape index (κ3) is 2.84. The predicted molar refractivity (Wildman–Crippen MR) is 59.6 cm³/mol. The van der Waals surface area contributed by atoms with Gasteiger partial charge in [-0.2, -0.15) is 0 Å². The lowest BCUT2D eigenvalue weighted by Gasteiger charge is -2.05. The van der Waals surface area contributed by atoms with Crippen LogP contribution in [0.3, 0.4) is 0 Å². The highest BCUT2D eigenvalue weighted by Crippen LogP contribution is 2.21. The van der Waals surface area contributed by atoms with Gasteiger partial charge in [0, 0.05) is 0 Å². The zero-order valence-electron chi connectivity index (χ0n) is 8.84. The Hall–Kier alpha value is -1.37. The van der Waals surface area contributed by atoms with Crippen LogP contribution < -0.4 is 0 Å². The summed E-state index contributed by atoms with van der Waals surface area (Å²) in [7, 11) is 0. The van der Waals surface area contributed by atoms with E-state index in [0.717, 1.165) is 16.7 Å². The number of rotatable bonds is 2. The van der Waals surface area contributed by atoms with Crippen molar-refractivity contribution in [2.45, 2.75) is 20.8 Å². The third-order valence-electron chi connectivity index (χ3n) is 1.97. The predicted octanol–water partition coefficient (Wildman–Crippen LogP) is 4.35. The summed E-state index contributed by atoms with van der Waals surface area (Å²) < 4.78 is 12.8. The van der Waals surface area contributed by atoms with Gasteiger partial charge in [0.1, 0.15) is 0 Å². The second-order valence-corrected chi connectivity index (χ2v) is 3.51. The van der Waals surface area contributed by atoms with Crippen molar-refractivity contribution in [3.05, 3.63) is 53.4 Å². The molecule has 74 valence electrons. The third-order valence-corrected chi connectivity index (χ3v) is 1.97. The molecule has 1 rings (SSSR count). The molecular weight excluding hydrogens is 175 g/mol. The highest BCUT2D eigenvalue weighted by atomic mass is 19.1. The van der Waals surface area contributed by atoms with E-state index in [2.05, 4.69) is 0 Å². The maximum atomic E-state index is 12.8. The Morgan fingerprint density at radius 2 is 1.64 bits per heavy atom. The molecule has 0 saturated heterocycles. The van der Waals surface area contributed by atoms with E-state index in [4.69, 9.17) is 0 Å². The summed E-state index contributed by atoms with van der Waals surface area (Å²) in [6.07, 6.45) is 1.57. The highest BCUT2D eigenvalue weighted by Gasteiger charge is 2.00. The lowest BCUT2D eigenvalue weighted by atomic mass is 10.0. The van der Waals surface area contributed by atoms with Gasteiger partial charge in [0.2, 0.25) is 0 Å². The molecule has 0 unspecified atom stereocenters. The van der Waals surface area contributed by atoms with Crippen LogP contribution in [-0.2, 0) is 0 Å². The van der Waals surface area contributed by atoms with Crippen molar-refractivity contribution in [3.63, 3.8) is 0 Å². The molecular formula is C13H15F. The SMILES string of the molecule is CC(F)=CC(=C(C)C)c1ccccc1. The highest BCUT2D eigenvalue weighted by molar-refractivity contribution is 5.76. The monoisotopic (exact) mass is 190 g/mol. The molecule has 0 amide bonds. The quantitative estimate of drug-likeness (QED) is 0.608. The van der Waals surface area contributed by atoms with Gasteiger partial charge in [-0.1, -0.05) is 35.9 Å². The zero-order valence-corrected chi connectivity index (χ0v) is 8.84. The molecule has 14 heavy (non-hydrogen) atoms. The van der Waals surface area contributed by atoms with Gasteiger partial charge in [0.05, 0.1) is 5.83 Å². The Morgan fingerprint density at radius 1 is 1.07 bits per heavy atom. The second-order valence-electron chi connectivity index (χ2n) is 3.51. The van der Waals surface area contributed by atoms with Crippen molar-refractivity contribution in [3.8, 4) is 0 Å². The first-order valence-corrected chi connectivity index (χ1v) is 4.68. The Morgan fingerprint density at radius 3 is 2.07 bits per heavy atom. The summed E-state index contributed by atoms with van der Waals surface area (Å²) >= 11 is 0. The zero-order chi connectivity index (χ0) is 10.6. The molecule has 0 nitrogen and oxygen atoms in total. The summed E-state index contributed by atoms with van der Waals surface area (Å²) in [6.45, 7) is 5.44. The number of hydrogen-bond acceptors (Lipinski definition) is 0. The summed E-state index contributed by atoms with van der Waals surface area (Å²) in [5, 5.41) is 0. The van der Waals surface area contributed by atoms with Crippen molar-refractivity contribution in [2.24, 2.45) is 0 Å². The summed E-state index contributed by atoms with van der Waals surface area (Å²) in [4.78, 5) is 0. The van der Waals surface area contributed by atoms with E-state index in [1.807, 2.05) is 44.2 Å². The first-order valence-electron chi connectivity index (χ1n) is 4.68. The van der Waals surface area contributed by atoms with Gasteiger partial charge in [-0.25, -0.2) is 4.39 Å². The first-order chi connectivity index (χ1) is 6.61. The molecule has 1 aromatic carbocycles. The fourth-order valence-corrected chi connectivity index (χ4v) is 1.33. The van der Waals surface area contributed by atoms with Crippen LogP contribution >= 0.6 is 0 Å². The van der Waals surface area contributed by atoms with Crippen molar-refractivity contribution in [2.75, 3.05) is 0 Å². The smallest absolute Gasteiger partial charge is 0.0974 e. The lowest BCUT2D eigenvalue weighted by molar-refractivity contribution is 0.641. The van der Waals surface area contributed by atoms with Crippen LogP contribution in [0.5, 0.6) is 0 Å². The van der Waals surface area contributed by atoms with Crippen LogP contribution in [0, 0.1) is 0 Å². The van der Waals surface area contributed by atoms with E-state index in [1.54, 1.807) is 6.08 Å². The van der Waals surface area contributed by atoms with Crippen LogP contribution in [0.4, 0.5) is 4.39 Å². The molecule has 1 aromatic rings. The minimum atomic E-state index is -0.162. The van der Waals surface area contributed by atoms with E-state index in [-0.39, 0.29) is 5.83 Å². The Kier molecular flexibility index (Phi) is 3.63. The summed E-state index contributed by atoms with van der Waals surface area (Å²) in [5.41, 5.74) is 3.14. The molecule has 0 radical (unpaired) electrons. The molecule has 0 spiro atoms. The Balaban J connectivity index is 3.17. The molecule has 0 aliphatic rings. The maximum Gasteiger partial charge on any atom is 0.0974 e. The van der Waals surface area contributed by atoms with Gasteiger partial charge >= 0.3 is 0 Å². The molecule has 0 aliphatic heterocycles. The van der Waals surface area contributed by atoms with E-state index in [1.165, 1.54) is 6.92 Å². The average Bonchev–Trinajstić information content (AvgIpc) is 2.15. The number of allylic oxidation sites excluding steroid dienone is 4. The number of halogens is 1. The van der Waals surface area contributed by atoms with E-state index in [9.17, 15) is 4.39 Å². The Labute approximate surface area is 84.8 Å². The van der Waals surface area contributed by atoms with Crippen molar-refractivity contribution >= 4 is 5.57 Å². The van der Waals surface area contributed by atoms with Crippen LogP contribution in [0.1, 0.15) is 26.3 Å². The molecule has 0 bridgehead atoms. The van der Waals surface area contributed by atoms with Gasteiger partial charge < -0.3 is 0 Å². The van der Waals surface area contributed by atoms with Gasteiger partial charge in [0.25, 0.3) is 0 Å². The molecule has 1 heteroatoms. The average molecular weight is 190 g/mol. The normalized spacial score (nSPS) is 11.3. The van der Waals surface area contributed by atoms with Crippen molar-refractivity contribution in [1.29, 1.82) is 0 Å². The fraction of sp³-hybridized carbons (Fsp3) is 0.231. The van der Waals surface area contributed by atoms with Crippen LogP contribution in [-0.4, -0.2) is 0 Å². The molecule has 0 aromatic heterocycles. The molecule has 0 saturated carbocycles. The molecule has 0 heterocycles. The number of benzene rings is 1. The second kappa shape index (κ2) is 4.75. The van der Waals surface area contributed by atoms with Gasteiger partial charge in [0.15, 0.2) is 0 Å². The maximum absolute atomic E-state index is 12.8. The molecule has 0 aliphatic carbocycles. The fourth-order valence-electron chi connectivity index (χ4n) is 1.33. The first kappa shape index (κ1) is 10.7. The van der Waals surface area contributed by atoms with Gasteiger partial charge in [-0.15, -0.1) is 0 Å². The Bertz CT molecular complexity index is 350. The largest absolute Gasteiger partial charge is 0.212 e. The minimum absolute atomic E-state index is 0.162. The molecule has 0 atom stereocenters. The van der Waals surface area contributed by atoms with Crippen molar-refractivity contribution in [1.82, 2.24) is 0 Å². The summed E-state index contributed by atoms with van der Waals surface area (Å²) in [6, 6.07) is 9.85. The van der Waals surface area contributed by atoms with Crippen molar-refractivity contribution < 1.29 is 4.39 Å². The standard InChI is InChI=1S/C13H15F/c1-10(2)13(9-11(3)14)12-7-5-4-6-8-12/h4-9H,1-3H3. The lowest BCUT2D eigenvalue weighted by Crippen LogP contribution is -1.83. The van der Waals surface area contributed by atoms with Gasteiger partial charge in [-0.3, -0.25) is 0 Å². The van der Waals surface area contributed by atoms with Crippen LogP contribution in [0.25, 0.3) is 5.57 Å². The molecule has 0 N–H and O–H groups in total. The molecule has 0 fully saturated rings. The van der Waals surface area contributed by atoms with E-state index in [0.29, 0.717) is 0 Å². The number of hydrogen-bond donors (Lipinski definition) is 0. The van der Waals surface area contributed by atoms with E-state index >= 15 is 0 Å². The topological polar surface area (TPSA) is 0 Å². The summed E-state index contributed by atoms with van der Waals surface area (Å²) in [5.74, 6) is -0.162. The van der Waals surface area contributed by atoms with Gasteiger partial charge in [-0.05, 0) is 38.0 Å². The van der Waals surface area contributed by atoms with E-state index < -0.39 is 0 Å². The van der Waals surface area contributed by atoms with Crippen LogP contribution in [0.15, 0.2) is 47.8 Å².